The number of carbonyl (C=O) groups excluding carboxylic acids is 1. The van der Waals surface area contributed by atoms with Crippen LogP contribution >= 0.6 is 0 Å². The standard InChI is InChI=1S/C21H28N2O5S/c1-16(2)27-14-4-13-22-21(24)15-28-19-9-11-20(12-10-19)29(25,26)23-18-7-5-17(3)6-8-18/h5-12,16,23H,4,13-15H2,1-3H3,(H,22,24). The molecule has 0 atom stereocenters. The third-order valence-electron chi connectivity index (χ3n) is 3.90. The van der Waals surface area contributed by atoms with Gasteiger partial charge in [0.05, 0.1) is 11.0 Å². The molecule has 2 rings (SSSR count). The maximum Gasteiger partial charge on any atom is 0.261 e. The topological polar surface area (TPSA) is 93.7 Å². The Hall–Kier alpha value is -2.58. The fourth-order valence-electron chi connectivity index (χ4n) is 2.37. The van der Waals surface area contributed by atoms with E-state index in [0.717, 1.165) is 12.0 Å². The molecule has 8 heteroatoms. The zero-order valence-electron chi connectivity index (χ0n) is 17.0. The maximum absolute atomic E-state index is 12.5. The zero-order valence-corrected chi connectivity index (χ0v) is 17.8. The third-order valence-corrected chi connectivity index (χ3v) is 5.30. The van der Waals surface area contributed by atoms with Gasteiger partial charge >= 0.3 is 0 Å². The smallest absolute Gasteiger partial charge is 0.261 e. The minimum Gasteiger partial charge on any atom is -0.484 e. The van der Waals surface area contributed by atoms with Crippen LogP contribution < -0.4 is 14.8 Å². The first-order valence-electron chi connectivity index (χ1n) is 9.47. The molecule has 29 heavy (non-hydrogen) atoms. The number of anilines is 1. The summed E-state index contributed by atoms with van der Waals surface area (Å²) < 4.78 is 38.2. The average Bonchev–Trinajstić information content (AvgIpc) is 2.68. The van der Waals surface area contributed by atoms with Gasteiger partial charge < -0.3 is 14.8 Å². The molecule has 0 bridgehead atoms. The third kappa shape index (κ3) is 8.13. The lowest BCUT2D eigenvalue weighted by Gasteiger charge is -2.10. The van der Waals surface area contributed by atoms with Gasteiger partial charge in [0.1, 0.15) is 5.75 Å². The summed E-state index contributed by atoms with van der Waals surface area (Å²) in [4.78, 5) is 11.9. The minimum absolute atomic E-state index is 0.111. The minimum atomic E-state index is -3.69. The predicted octanol–water partition coefficient (Wildman–Crippen LogP) is 3.11. The Bertz CT molecular complexity index is 878. The fourth-order valence-corrected chi connectivity index (χ4v) is 3.43. The van der Waals surface area contributed by atoms with Crippen LogP contribution in [0.3, 0.4) is 0 Å². The molecule has 2 aromatic rings. The van der Waals surface area contributed by atoms with Crippen LogP contribution in [0.5, 0.6) is 5.75 Å². The quantitative estimate of drug-likeness (QED) is 0.545. The van der Waals surface area contributed by atoms with E-state index in [2.05, 4.69) is 10.0 Å². The van der Waals surface area contributed by atoms with Crippen LogP contribution in [0.1, 0.15) is 25.8 Å². The number of hydrogen-bond donors (Lipinski definition) is 2. The molecule has 0 saturated carbocycles. The van der Waals surface area contributed by atoms with Crippen molar-refractivity contribution in [1.82, 2.24) is 5.32 Å². The highest BCUT2D eigenvalue weighted by Crippen LogP contribution is 2.19. The monoisotopic (exact) mass is 420 g/mol. The number of ether oxygens (including phenoxy) is 2. The first-order valence-corrected chi connectivity index (χ1v) is 11.0. The number of carbonyl (C=O) groups is 1. The van der Waals surface area contributed by atoms with Gasteiger partial charge in [0, 0.05) is 18.8 Å². The molecular formula is C21H28N2O5S. The van der Waals surface area contributed by atoms with Crippen molar-refractivity contribution in [3.05, 3.63) is 54.1 Å². The van der Waals surface area contributed by atoms with E-state index in [1.807, 2.05) is 32.9 Å². The lowest BCUT2D eigenvalue weighted by Crippen LogP contribution is -2.30. The van der Waals surface area contributed by atoms with Crippen LogP contribution in [0.4, 0.5) is 5.69 Å². The van der Waals surface area contributed by atoms with E-state index in [9.17, 15) is 13.2 Å². The van der Waals surface area contributed by atoms with Crippen molar-refractivity contribution in [2.24, 2.45) is 0 Å². The second kappa shape index (κ2) is 10.8. The fraction of sp³-hybridized carbons (Fsp3) is 0.381. The van der Waals surface area contributed by atoms with Crippen molar-refractivity contribution < 1.29 is 22.7 Å². The van der Waals surface area contributed by atoms with Crippen molar-refractivity contribution in [3.63, 3.8) is 0 Å². The Kier molecular flexibility index (Phi) is 8.48. The van der Waals surface area contributed by atoms with E-state index in [0.29, 0.717) is 24.6 Å². The molecule has 0 radical (unpaired) electrons. The molecule has 0 spiro atoms. The summed E-state index contributed by atoms with van der Waals surface area (Å²) in [5.74, 6) is 0.171. The van der Waals surface area contributed by atoms with Gasteiger partial charge in [-0.2, -0.15) is 0 Å². The lowest BCUT2D eigenvalue weighted by atomic mass is 10.2. The van der Waals surface area contributed by atoms with Crippen LogP contribution in [-0.4, -0.2) is 40.2 Å². The van der Waals surface area contributed by atoms with Gasteiger partial charge in [-0.25, -0.2) is 8.42 Å². The number of nitrogens with one attached hydrogen (secondary N) is 2. The molecule has 2 N–H and O–H groups in total. The van der Waals surface area contributed by atoms with E-state index in [1.54, 1.807) is 12.1 Å². The highest BCUT2D eigenvalue weighted by Gasteiger charge is 2.14. The Morgan fingerprint density at radius 3 is 2.31 bits per heavy atom. The Morgan fingerprint density at radius 1 is 1.03 bits per heavy atom. The van der Waals surface area contributed by atoms with Crippen molar-refractivity contribution in [2.75, 3.05) is 24.5 Å². The number of sulfonamides is 1. The van der Waals surface area contributed by atoms with Gasteiger partial charge in [0.25, 0.3) is 15.9 Å². The second-order valence-electron chi connectivity index (χ2n) is 6.85. The highest BCUT2D eigenvalue weighted by molar-refractivity contribution is 7.92. The molecular weight excluding hydrogens is 392 g/mol. The Balaban J connectivity index is 1.80. The van der Waals surface area contributed by atoms with Gasteiger partial charge in [0.2, 0.25) is 0 Å². The lowest BCUT2D eigenvalue weighted by molar-refractivity contribution is -0.123. The molecule has 0 aliphatic heterocycles. The molecule has 0 aliphatic carbocycles. The van der Waals surface area contributed by atoms with Crippen LogP contribution in [0.2, 0.25) is 0 Å². The number of amides is 1. The van der Waals surface area contributed by atoms with Gasteiger partial charge in [-0.3, -0.25) is 9.52 Å². The summed E-state index contributed by atoms with van der Waals surface area (Å²) in [6.07, 6.45) is 0.901. The van der Waals surface area contributed by atoms with E-state index in [1.165, 1.54) is 24.3 Å². The normalized spacial score (nSPS) is 11.3. The number of aryl methyl sites for hydroxylation is 1. The van der Waals surface area contributed by atoms with Crippen LogP contribution in [0.25, 0.3) is 0 Å². The van der Waals surface area contributed by atoms with Crippen LogP contribution in [0.15, 0.2) is 53.4 Å². The van der Waals surface area contributed by atoms with E-state index >= 15 is 0 Å². The Morgan fingerprint density at radius 2 is 1.69 bits per heavy atom. The van der Waals surface area contributed by atoms with Crippen LogP contribution in [0, 0.1) is 6.92 Å². The average molecular weight is 421 g/mol. The summed E-state index contributed by atoms with van der Waals surface area (Å²) in [5.41, 5.74) is 1.54. The summed E-state index contributed by atoms with van der Waals surface area (Å²) in [6.45, 7) is 6.81. The predicted molar refractivity (Wildman–Crippen MR) is 113 cm³/mol. The molecule has 1 amide bonds. The molecule has 2 aromatic carbocycles. The van der Waals surface area contributed by atoms with E-state index in [-0.39, 0.29) is 23.5 Å². The van der Waals surface area contributed by atoms with Crippen LogP contribution in [-0.2, 0) is 19.6 Å². The Labute approximate surface area is 172 Å². The molecule has 0 heterocycles. The molecule has 0 aliphatic rings. The molecule has 0 saturated heterocycles. The summed E-state index contributed by atoms with van der Waals surface area (Å²) in [6, 6.07) is 13.0. The molecule has 0 fully saturated rings. The van der Waals surface area contributed by atoms with Gasteiger partial charge in [-0.1, -0.05) is 17.7 Å². The van der Waals surface area contributed by atoms with Gasteiger partial charge in [-0.05, 0) is 63.6 Å². The first-order chi connectivity index (χ1) is 13.8. The van der Waals surface area contributed by atoms with E-state index in [4.69, 9.17) is 9.47 Å². The van der Waals surface area contributed by atoms with Crippen molar-refractivity contribution >= 4 is 21.6 Å². The van der Waals surface area contributed by atoms with Crippen molar-refractivity contribution in [2.45, 2.75) is 38.2 Å². The number of rotatable bonds is 11. The zero-order chi connectivity index (χ0) is 21.3. The maximum atomic E-state index is 12.5. The number of benzene rings is 2. The molecule has 0 aromatic heterocycles. The molecule has 158 valence electrons. The SMILES string of the molecule is Cc1ccc(NS(=O)(=O)c2ccc(OCC(=O)NCCCOC(C)C)cc2)cc1. The number of hydrogen-bond acceptors (Lipinski definition) is 5. The van der Waals surface area contributed by atoms with Gasteiger partial charge in [0.15, 0.2) is 6.61 Å². The van der Waals surface area contributed by atoms with Crippen molar-refractivity contribution in [1.29, 1.82) is 0 Å². The summed E-state index contributed by atoms with van der Waals surface area (Å²) in [5, 5.41) is 2.74. The van der Waals surface area contributed by atoms with Gasteiger partial charge in [-0.15, -0.1) is 0 Å². The largest absolute Gasteiger partial charge is 0.484 e. The van der Waals surface area contributed by atoms with Crippen molar-refractivity contribution in [3.8, 4) is 5.75 Å². The van der Waals surface area contributed by atoms with E-state index < -0.39 is 10.0 Å². The molecule has 0 unspecified atom stereocenters. The summed E-state index contributed by atoms with van der Waals surface area (Å²) in [7, 11) is -3.69. The summed E-state index contributed by atoms with van der Waals surface area (Å²) >= 11 is 0. The first kappa shape index (κ1) is 22.7. The highest BCUT2D eigenvalue weighted by atomic mass is 32.2. The second-order valence-corrected chi connectivity index (χ2v) is 8.54. The molecule has 7 nitrogen and oxygen atoms in total.